The standard InChI is InChI=1S/C33H58N7O17P3S.3Na/c1-4-5-6-7-8-9-10-11-12-13-24(42)61-17-16-35-23(41)14-15-36-31(45)28(44)33(2,3)19-54-60(51,52)57-59(49,50)53-18-22-27(56-58(46,47)48)26(43)32(55-22)40-21-39-25-29(34)37-20-38-30(25)40;;;/h20-22,26-28,32,43-44H,4-19H2,1-3H3,(H,35,41)(H,36,45)(H,49,50)(H,51,52)(H2,34,37,38)(H2,46,47,48);;;/q;3*+1/p-3. The van der Waals surface area contributed by atoms with Gasteiger partial charge in [0, 0.05) is 37.1 Å². The van der Waals surface area contributed by atoms with Crippen molar-refractivity contribution in [2.45, 2.75) is 122 Å². The van der Waals surface area contributed by atoms with Gasteiger partial charge in [-0.05, 0) is 6.42 Å². The number of nitrogen functional groups attached to an aromatic ring is 1. The predicted molar refractivity (Wildman–Crippen MR) is 212 cm³/mol. The summed E-state index contributed by atoms with van der Waals surface area (Å²) in [5.41, 5.74) is 4.13. The van der Waals surface area contributed by atoms with Crippen LogP contribution in [0.2, 0.25) is 0 Å². The molecule has 3 heterocycles. The third-order valence-electron chi connectivity index (χ3n) is 9.23. The van der Waals surface area contributed by atoms with Crippen LogP contribution in [-0.2, 0) is 50.7 Å². The van der Waals surface area contributed by atoms with Crippen molar-refractivity contribution in [3.63, 3.8) is 0 Å². The Balaban J connectivity index is 0.0000132. The number of hydrogen-bond donors (Lipinski definition) is 6. The summed E-state index contributed by atoms with van der Waals surface area (Å²) in [6.07, 6.45) is 3.50. The van der Waals surface area contributed by atoms with E-state index in [0.29, 0.717) is 12.2 Å². The SMILES string of the molecule is CCCCCCCCCCCC(=O)SCCNC(=O)CCNC(=O)C(O)C(C)(C)COP(=O)([O-])OP(=O)([O-])OCC1OC(n2cnc3c(N)ncnc32)C(O)C1OP(=O)([O-])O.[Na+].[Na+].[Na+]. The second kappa shape index (κ2) is 31.0. The Kier molecular flexibility index (Phi) is 31.3. The Morgan fingerprint density at radius 1 is 0.938 bits per heavy atom. The fourth-order valence-electron chi connectivity index (χ4n) is 5.93. The summed E-state index contributed by atoms with van der Waals surface area (Å²) in [5.74, 6) is -1.11. The minimum Gasteiger partial charge on any atom is -0.756 e. The largest absolute Gasteiger partial charge is 1.00 e. The molecule has 0 aromatic carbocycles. The normalized spacial score (nSPS) is 20.6. The molecule has 7 N–H and O–H groups in total. The first-order chi connectivity index (χ1) is 28.6. The van der Waals surface area contributed by atoms with E-state index in [1.165, 1.54) is 52.4 Å². The molecule has 1 fully saturated rings. The van der Waals surface area contributed by atoms with Crippen LogP contribution in [0.15, 0.2) is 12.7 Å². The van der Waals surface area contributed by atoms with Gasteiger partial charge in [-0.2, -0.15) is 0 Å². The van der Waals surface area contributed by atoms with E-state index in [9.17, 15) is 57.9 Å². The smallest absolute Gasteiger partial charge is 0.756 e. The Morgan fingerprint density at radius 3 is 2.17 bits per heavy atom. The number of ether oxygens (including phenoxy) is 1. The number of unbranched alkanes of at least 4 members (excludes halogenated alkanes) is 8. The predicted octanol–water partition coefficient (Wildman–Crippen LogP) is -8.30. The van der Waals surface area contributed by atoms with Crippen LogP contribution in [0, 0.1) is 5.41 Å². The van der Waals surface area contributed by atoms with E-state index in [-0.39, 0.29) is 130 Å². The number of thioether (sulfide) groups is 1. The van der Waals surface area contributed by atoms with Crippen LogP contribution in [0.3, 0.4) is 0 Å². The van der Waals surface area contributed by atoms with Crippen molar-refractivity contribution < 1.29 is 169 Å². The number of rotatable bonds is 29. The van der Waals surface area contributed by atoms with Crippen LogP contribution in [0.1, 0.15) is 97.6 Å². The fourth-order valence-corrected chi connectivity index (χ4v) is 9.39. The summed E-state index contributed by atoms with van der Waals surface area (Å²) < 4.78 is 61.0. The van der Waals surface area contributed by atoms with Crippen molar-refractivity contribution >= 4 is 69.1 Å². The van der Waals surface area contributed by atoms with Gasteiger partial charge in [0.05, 0.1) is 19.5 Å². The van der Waals surface area contributed by atoms with Gasteiger partial charge in [0.1, 0.15) is 36.3 Å². The summed E-state index contributed by atoms with van der Waals surface area (Å²) in [6.45, 7) is 2.41. The molecule has 2 amide bonds. The molecule has 348 valence electrons. The van der Waals surface area contributed by atoms with Crippen molar-refractivity contribution in [1.82, 2.24) is 30.2 Å². The first-order valence-corrected chi connectivity index (χ1v) is 25.0. The molecule has 0 bridgehead atoms. The van der Waals surface area contributed by atoms with Crippen molar-refractivity contribution in [1.29, 1.82) is 0 Å². The minimum atomic E-state index is -5.90. The molecule has 2 aromatic rings. The second-order valence-electron chi connectivity index (χ2n) is 14.8. The number of amides is 2. The van der Waals surface area contributed by atoms with E-state index in [0.717, 1.165) is 48.2 Å². The van der Waals surface area contributed by atoms with Gasteiger partial charge in [0.2, 0.25) is 11.8 Å². The number of hydrogen-bond acceptors (Lipinski definition) is 21. The van der Waals surface area contributed by atoms with E-state index in [1.807, 2.05) is 0 Å². The van der Waals surface area contributed by atoms with Gasteiger partial charge in [0.25, 0.3) is 23.5 Å². The number of imidazole rings is 1. The van der Waals surface area contributed by atoms with Crippen molar-refractivity contribution in [2.24, 2.45) is 5.41 Å². The van der Waals surface area contributed by atoms with Gasteiger partial charge in [-0.1, -0.05) is 83.9 Å². The Bertz CT molecular complexity index is 1910. The molecule has 0 saturated carbocycles. The van der Waals surface area contributed by atoms with E-state index in [4.69, 9.17) is 10.5 Å². The zero-order valence-electron chi connectivity index (χ0n) is 37.0. The van der Waals surface area contributed by atoms with Crippen LogP contribution in [0.25, 0.3) is 11.2 Å². The molecule has 8 unspecified atom stereocenters. The van der Waals surface area contributed by atoms with Crippen molar-refractivity contribution in [2.75, 3.05) is 37.8 Å². The number of carbonyl (C=O) groups is 3. The average molecular weight is 1020 g/mol. The molecule has 0 aliphatic carbocycles. The summed E-state index contributed by atoms with van der Waals surface area (Å²) in [7, 11) is -17.3. The van der Waals surface area contributed by atoms with Crippen LogP contribution in [0.5, 0.6) is 0 Å². The van der Waals surface area contributed by atoms with E-state index < -0.39 is 84.6 Å². The van der Waals surface area contributed by atoms with E-state index >= 15 is 0 Å². The number of nitrogens with zero attached hydrogens (tertiary/aromatic N) is 4. The maximum absolute atomic E-state index is 12.6. The first kappa shape index (κ1) is 64.6. The molecular weight excluding hydrogens is 960 g/mol. The molecule has 1 aliphatic heterocycles. The number of fused-ring (bicyclic) bond motifs is 1. The number of nitrogens with one attached hydrogen (secondary N) is 2. The monoisotopic (exact) mass is 1020 g/mol. The number of phosphoric ester groups is 3. The molecule has 24 nitrogen and oxygen atoms in total. The topological polar surface area (TPSA) is 372 Å². The molecule has 1 aliphatic rings. The number of aliphatic hydroxyl groups excluding tert-OH is 2. The van der Waals surface area contributed by atoms with Crippen molar-refractivity contribution in [3.05, 3.63) is 12.7 Å². The third-order valence-corrected chi connectivity index (χ3v) is 13.2. The maximum atomic E-state index is 12.6. The average Bonchev–Trinajstić information content (AvgIpc) is 3.73. The second-order valence-corrected chi connectivity index (χ2v) is 20.1. The minimum absolute atomic E-state index is 0. The quantitative estimate of drug-likeness (QED) is 0.0250. The number of anilines is 1. The van der Waals surface area contributed by atoms with Crippen molar-refractivity contribution in [3.8, 4) is 0 Å². The molecule has 64 heavy (non-hydrogen) atoms. The van der Waals surface area contributed by atoms with Gasteiger partial charge >= 0.3 is 88.7 Å². The molecular formula is C33H55N7Na3O17P3S. The number of carbonyl (C=O) groups excluding carboxylic acids is 3. The van der Waals surface area contributed by atoms with Crippen LogP contribution in [0.4, 0.5) is 5.82 Å². The molecule has 31 heteroatoms. The molecule has 3 rings (SSSR count). The molecule has 1 saturated heterocycles. The van der Waals surface area contributed by atoms with Gasteiger partial charge in [-0.25, -0.2) is 19.3 Å². The molecule has 0 spiro atoms. The van der Waals surface area contributed by atoms with Gasteiger partial charge in [-0.3, -0.25) is 32.6 Å². The molecule has 2 aromatic heterocycles. The zero-order chi connectivity index (χ0) is 45.4. The number of nitrogens with two attached hydrogens (primary N) is 1. The zero-order valence-corrected chi connectivity index (χ0v) is 46.5. The first-order valence-electron chi connectivity index (χ1n) is 19.5. The van der Waals surface area contributed by atoms with E-state index in [1.54, 1.807) is 0 Å². The number of phosphoric acid groups is 3. The maximum Gasteiger partial charge on any atom is 1.00 e. The third kappa shape index (κ3) is 23.0. The van der Waals surface area contributed by atoms with Crippen LogP contribution < -0.4 is 120 Å². The number of aliphatic hydroxyl groups is 2. The summed E-state index contributed by atoms with van der Waals surface area (Å²) >= 11 is 1.14. The van der Waals surface area contributed by atoms with Crippen LogP contribution >= 0.6 is 35.2 Å². The van der Waals surface area contributed by atoms with Crippen LogP contribution in [-0.4, -0.2) is 108 Å². The Hall–Kier alpha value is 0.560. The molecule has 0 radical (unpaired) electrons. The fraction of sp³-hybridized carbons (Fsp3) is 0.758. The number of aromatic nitrogens is 4. The molecule has 8 atom stereocenters. The van der Waals surface area contributed by atoms with Gasteiger partial charge in [-0.15, -0.1) is 0 Å². The van der Waals surface area contributed by atoms with Gasteiger partial charge < -0.3 is 64.5 Å². The summed E-state index contributed by atoms with van der Waals surface area (Å²) in [5, 5.41) is 26.4. The van der Waals surface area contributed by atoms with Gasteiger partial charge in [0.15, 0.2) is 22.8 Å². The Morgan fingerprint density at radius 2 is 1.55 bits per heavy atom. The van der Waals surface area contributed by atoms with E-state index in [2.05, 4.69) is 50.4 Å². The summed E-state index contributed by atoms with van der Waals surface area (Å²) in [6, 6.07) is 0. The summed E-state index contributed by atoms with van der Waals surface area (Å²) in [4.78, 5) is 94.5. The Labute approximate surface area is 442 Å².